The van der Waals surface area contributed by atoms with Gasteiger partial charge in [-0.1, -0.05) is 23.4 Å². The normalized spacial score (nSPS) is 34.1. The van der Waals surface area contributed by atoms with Gasteiger partial charge in [0.15, 0.2) is 0 Å². The highest BCUT2D eigenvalue weighted by Gasteiger charge is 2.53. The maximum absolute atomic E-state index is 12.3. The van der Waals surface area contributed by atoms with E-state index in [1.807, 2.05) is 18.2 Å². The van der Waals surface area contributed by atoms with Crippen LogP contribution < -0.4 is 5.32 Å². The van der Waals surface area contributed by atoms with Gasteiger partial charge in [0.1, 0.15) is 0 Å². The zero-order valence-electron chi connectivity index (χ0n) is 10.8. The number of oxime groups is 1. The van der Waals surface area contributed by atoms with E-state index in [9.17, 15) is 15.1 Å². The molecular formula is C14H16N2O3S. The second kappa shape index (κ2) is 5.10. The topological polar surface area (TPSA) is 81.9 Å². The van der Waals surface area contributed by atoms with E-state index in [1.165, 1.54) is 11.8 Å². The third-order valence-corrected chi connectivity index (χ3v) is 5.54. The second-order valence-corrected chi connectivity index (χ2v) is 6.36. The summed E-state index contributed by atoms with van der Waals surface area (Å²) < 4.78 is 0. The van der Waals surface area contributed by atoms with E-state index in [-0.39, 0.29) is 11.2 Å². The van der Waals surface area contributed by atoms with Gasteiger partial charge in [0, 0.05) is 11.3 Å². The average Bonchev–Trinajstić information content (AvgIpc) is 2.76. The Morgan fingerprint density at radius 2 is 2.15 bits per heavy atom. The molecule has 1 saturated heterocycles. The van der Waals surface area contributed by atoms with E-state index in [2.05, 4.69) is 10.5 Å². The van der Waals surface area contributed by atoms with Crippen molar-refractivity contribution in [3.63, 3.8) is 0 Å². The Morgan fingerprint density at radius 1 is 1.40 bits per heavy atom. The summed E-state index contributed by atoms with van der Waals surface area (Å²) in [6, 6.07) is 8.97. The van der Waals surface area contributed by atoms with Gasteiger partial charge in [-0.3, -0.25) is 4.79 Å². The molecule has 2 fully saturated rings. The van der Waals surface area contributed by atoms with Gasteiger partial charge in [0.2, 0.25) is 0 Å². The minimum absolute atomic E-state index is 0.176. The highest BCUT2D eigenvalue weighted by atomic mass is 32.2. The van der Waals surface area contributed by atoms with E-state index in [0.29, 0.717) is 29.9 Å². The molecule has 0 aromatic heterocycles. The van der Waals surface area contributed by atoms with Gasteiger partial charge >= 0.3 is 0 Å². The van der Waals surface area contributed by atoms with Gasteiger partial charge in [0.25, 0.3) is 5.91 Å². The Morgan fingerprint density at radius 3 is 2.85 bits per heavy atom. The van der Waals surface area contributed by atoms with Crippen LogP contribution in [-0.4, -0.2) is 44.6 Å². The summed E-state index contributed by atoms with van der Waals surface area (Å²) in [4.78, 5) is 12.3. The molecule has 5 nitrogen and oxygen atoms in total. The standard InChI is InChI=1S/C14H16N2O3S/c17-10-6-7-14(8-20-11(10)12(14)16-19)15-13(18)9-4-2-1-3-5-9/h1-5,10-11,17,19H,6-8H2,(H,15,18)/b16-12+. The van der Waals surface area contributed by atoms with Crippen molar-refractivity contribution in [2.24, 2.45) is 5.16 Å². The lowest BCUT2D eigenvalue weighted by Crippen LogP contribution is -2.59. The number of hydrogen-bond donors (Lipinski definition) is 3. The molecule has 2 aliphatic rings. The summed E-state index contributed by atoms with van der Waals surface area (Å²) in [5.41, 5.74) is 0.445. The number of amides is 1. The lowest BCUT2D eigenvalue weighted by atomic mass is 9.80. The van der Waals surface area contributed by atoms with Crippen molar-refractivity contribution >= 4 is 23.4 Å². The average molecular weight is 292 g/mol. The first-order valence-corrected chi connectivity index (χ1v) is 7.61. The third kappa shape index (κ3) is 2.09. The molecule has 2 bridgehead atoms. The maximum atomic E-state index is 12.3. The van der Waals surface area contributed by atoms with Crippen LogP contribution in [0.3, 0.4) is 0 Å². The van der Waals surface area contributed by atoms with Gasteiger partial charge in [0.05, 0.1) is 22.6 Å². The van der Waals surface area contributed by atoms with Crippen molar-refractivity contribution in [1.82, 2.24) is 5.32 Å². The summed E-state index contributed by atoms with van der Waals surface area (Å²) in [6.07, 6.45) is 0.691. The predicted octanol–water partition coefficient (Wildman–Crippen LogP) is 1.26. The Labute approximate surface area is 121 Å². The molecule has 106 valence electrons. The molecule has 1 aromatic carbocycles. The molecule has 20 heavy (non-hydrogen) atoms. The third-order valence-electron chi connectivity index (χ3n) is 3.98. The Balaban J connectivity index is 1.85. The molecule has 1 aromatic rings. The summed E-state index contributed by atoms with van der Waals surface area (Å²) in [7, 11) is 0. The minimum Gasteiger partial charge on any atom is -0.411 e. The molecule has 1 aliphatic heterocycles. The Hall–Kier alpha value is -1.53. The summed E-state index contributed by atoms with van der Waals surface area (Å²) >= 11 is 1.53. The minimum atomic E-state index is -0.629. The first-order valence-electron chi connectivity index (χ1n) is 6.56. The quantitative estimate of drug-likeness (QED) is 0.566. The molecule has 3 atom stereocenters. The summed E-state index contributed by atoms with van der Waals surface area (Å²) in [6.45, 7) is 0. The lowest BCUT2D eigenvalue weighted by Gasteiger charge is -2.35. The highest BCUT2D eigenvalue weighted by Crippen LogP contribution is 2.43. The van der Waals surface area contributed by atoms with E-state index >= 15 is 0 Å². The zero-order chi connectivity index (χ0) is 14.2. The molecule has 1 heterocycles. The van der Waals surface area contributed by atoms with E-state index < -0.39 is 11.6 Å². The van der Waals surface area contributed by atoms with Gasteiger partial charge < -0.3 is 15.6 Å². The van der Waals surface area contributed by atoms with Crippen LogP contribution >= 0.6 is 11.8 Å². The maximum Gasteiger partial charge on any atom is 0.252 e. The van der Waals surface area contributed by atoms with Crippen molar-refractivity contribution in [2.75, 3.05) is 5.75 Å². The SMILES string of the molecule is O=C(NC12CCC(O)C(SC1)/C2=N\O)c1ccccc1. The number of rotatable bonds is 2. The van der Waals surface area contributed by atoms with Crippen LogP contribution in [0.1, 0.15) is 23.2 Å². The molecule has 6 heteroatoms. The molecule has 1 amide bonds. The summed E-state index contributed by atoms with van der Waals surface area (Å²) in [5, 5.41) is 25.3. The fraction of sp³-hybridized carbons (Fsp3) is 0.429. The van der Waals surface area contributed by atoms with E-state index in [0.717, 1.165) is 0 Å². The fourth-order valence-corrected chi connectivity index (χ4v) is 4.51. The van der Waals surface area contributed by atoms with Gasteiger partial charge in [-0.2, -0.15) is 0 Å². The van der Waals surface area contributed by atoms with Crippen LogP contribution in [0.2, 0.25) is 0 Å². The van der Waals surface area contributed by atoms with Crippen LogP contribution in [0.25, 0.3) is 0 Å². The number of carbonyl (C=O) groups is 1. The first-order chi connectivity index (χ1) is 9.66. The van der Waals surface area contributed by atoms with Crippen LogP contribution in [0.15, 0.2) is 35.5 Å². The van der Waals surface area contributed by atoms with E-state index in [1.54, 1.807) is 12.1 Å². The molecule has 3 unspecified atom stereocenters. The largest absolute Gasteiger partial charge is 0.411 e. The summed E-state index contributed by atoms with van der Waals surface area (Å²) in [5.74, 6) is 0.455. The number of fused-ring (bicyclic) bond motifs is 2. The number of benzene rings is 1. The van der Waals surface area contributed by atoms with Crippen LogP contribution in [0, 0.1) is 0 Å². The molecule has 3 rings (SSSR count). The number of carbonyl (C=O) groups excluding carboxylic acids is 1. The fourth-order valence-electron chi connectivity index (χ4n) is 2.89. The van der Waals surface area contributed by atoms with Crippen molar-refractivity contribution in [3.8, 4) is 0 Å². The van der Waals surface area contributed by atoms with Crippen molar-refractivity contribution in [2.45, 2.75) is 29.7 Å². The molecule has 0 spiro atoms. The first kappa shape index (κ1) is 13.5. The van der Waals surface area contributed by atoms with Gasteiger partial charge in [-0.05, 0) is 25.0 Å². The predicted molar refractivity (Wildman–Crippen MR) is 77.3 cm³/mol. The molecular weight excluding hydrogens is 276 g/mol. The van der Waals surface area contributed by atoms with Crippen LogP contribution in [0.5, 0.6) is 0 Å². The van der Waals surface area contributed by atoms with Gasteiger partial charge in [-0.25, -0.2) is 0 Å². The monoisotopic (exact) mass is 292 g/mol. The Kier molecular flexibility index (Phi) is 3.43. The molecule has 1 saturated carbocycles. The van der Waals surface area contributed by atoms with E-state index in [4.69, 9.17) is 0 Å². The number of aliphatic hydroxyl groups is 1. The highest BCUT2D eigenvalue weighted by molar-refractivity contribution is 8.01. The zero-order valence-corrected chi connectivity index (χ0v) is 11.6. The number of aliphatic hydroxyl groups excluding tert-OH is 1. The van der Waals surface area contributed by atoms with Crippen molar-refractivity contribution < 1.29 is 15.1 Å². The van der Waals surface area contributed by atoms with Crippen molar-refractivity contribution in [3.05, 3.63) is 35.9 Å². The number of thioether (sulfide) groups is 1. The Bertz CT molecular complexity index is 549. The number of hydrogen-bond acceptors (Lipinski definition) is 5. The number of nitrogens with zero attached hydrogens (tertiary/aromatic N) is 1. The number of nitrogens with one attached hydrogen (secondary N) is 1. The second-order valence-electron chi connectivity index (χ2n) is 5.23. The van der Waals surface area contributed by atoms with Crippen LogP contribution in [0.4, 0.5) is 0 Å². The lowest BCUT2D eigenvalue weighted by molar-refractivity contribution is 0.0904. The smallest absolute Gasteiger partial charge is 0.252 e. The van der Waals surface area contributed by atoms with Crippen LogP contribution in [-0.2, 0) is 0 Å². The molecule has 3 N–H and O–H groups in total. The molecule has 1 aliphatic carbocycles. The van der Waals surface area contributed by atoms with Gasteiger partial charge in [-0.15, -0.1) is 11.8 Å². The molecule has 0 radical (unpaired) electrons. The van der Waals surface area contributed by atoms with Crippen molar-refractivity contribution in [1.29, 1.82) is 0 Å².